The van der Waals surface area contributed by atoms with E-state index in [0.717, 1.165) is 11.7 Å². The summed E-state index contributed by atoms with van der Waals surface area (Å²) in [6.45, 7) is 5.95. The molecule has 0 bridgehead atoms. The van der Waals surface area contributed by atoms with E-state index in [1.165, 1.54) is 0 Å². The van der Waals surface area contributed by atoms with E-state index in [1.807, 2.05) is 6.92 Å². The molecule has 0 fully saturated rings. The monoisotopic (exact) mass is 124 g/mol. The zero-order chi connectivity index (χ0) is 6.85. The zero-order valence-corrected chi connectivity index (χ0v) is 5.92. The maximum Gasteiger partial charge on any atom is 0.155 e. The molecular weight excluding hydrogens is 114 g/mol. The molecule has 0 saturated heterocycles. The number of nitrogens with zero attached hydrogens (tertiary/aromatic N) is 3. The van der Waals surface area contributed by atoms with E-state index in [4.69, 9.17) is 0 Å². The van der Waals surface area contributed by atoms with E-state index in [0.29, 0.717) is 5.92 Å². The molecule has 1 rings (SSSR count). The Bertz CT molecular complexity index is 167. The van der Waals surface area contributed by atoms with E-state index in [9.17, 15) is 0 Å². The summed E-state index contributed by atoms with van der Waals surface area (Å²) >= 11 is 0. The SMILES string of the molecule is CC1=NN=C(C(C)C)[N]1. The highest BCUT2D eigenvalue weighted by molar-refractivity contribution is 6.03. The topological polar surface area (TPSA) is 38.8 Å². The smallest absolute Gasteiger partial charge is 0.155 e. The van der Waals surface area contributed by atoms with E-state index >= 15 is 0 Å². The van der Waals surface area contributed by atoms with Gasteiger partial charge < -0.3 is 0 Å². The highest BCUT2D eigenvalue weighted by atomic mass is 15.3. The van der Waals surface area contributed by atoms with Crippen LogP contribution >= 0.6 is 0 Å². The van der Waals surface area contributed by atoms with Crippen molar-refractivity contribution < 1.29 is 0 Å². The van der Waals surface area contributed by atoms with Crippen molar-refractivity contribution in [3.63, 3.8) is 0 Å². The molecule has 3 nitrogen and oxygen atoms in total. The van der Waals surface area contributed by atoms with Crippen molar-refractivity contribution in [2.75, 3.05) is 0 Å². The van der Waals surface area contributed by atoms with Gasteiger partial charge in [-0.1, -0.05) is 13.8 Å². The van der Waals surface area contributed by atoms with Crippen LogP contribution in [0.15, 0.2) is 10.2 Å². The molecule has 1 radical (unpaired) electrons. The first-order chi connectivity index (χ1) is 4.20. The van der Waals surface area contributed by atoms with Crippen molar-refractivity contribution in [3.8, 4) is 0 Å². The van der Waals surface area contributed by atoms with E-state index in [1.54, 1.807) is 0 Å². The lowest BCUT2D eigenvalue weighted by molar-refractivity contribution is 0.856. The molecule has 0 aromatic carbocycles. The fourth-order valence-electron chi connectivity index (χ4n) is 0.579. The molecule has 3 heteroatoms. The zero-order valence-electron chi connectivity index (χ0n) is 5.92. The maximum absolute atomic E-state index is 4.09. The van der Waals surface area contributed by atoms with Crippen LogP contribution in [0.5, 0.6) is 0 Å². The summed E-state index contributed by atoms with van der Waals surface area (Å²) in [7, 11) is 0. The van der Waals surface area contributed by atoms with Gasteiger partial charge in [0.1, 0.15) is 5.84 Å². The largest absolute Gasteiger partial charge is 0.214 e. The summed E-state index contributed by atoms with van der Waals surface area (Å²) in [5.41, 5.74) is 0. The highest BCUT2D eigenvalue weighted by Gasteiger charge is 2.12. The van der Waals surface area contributed by atoms with Crippen molar-refractivity contribution in [1.82, 2.24) is 5.32 Å². The molecule has 1 heterocycles. The first kappa shape index (κ1) is 6.26. The molecule has 0 unspecified atom stereocenters. The molecule has 0 spiro atoms. The lowest BCUT2D eigenvalue weighted by Crippen LogP contribution is -2.20. The fourth-order valence-corrected chi connectivity index (χ4v) is 0.579. The van der Waals surface area contributed by atoms with Crippen molar-refractivity contribution in [1.29, 1.82) is 0 Å². The maximum atomic E-state index is 4.09. The minimum atomic E-state index is 0.395. The summed E-state index contributed by atoms with van der Waals surface area (Å²) < 4.78 is 0. The van der Waals surface area contributed by atoms with Crippen molar-refractivity contribution in [3.05, 3.63) is 0 Å². The second-order valence-electron chi connectivity index (χ2n) is 2.37. The lowest BCUT2D eigenvalue weighted by atomic mass is 10.2. The lowest BCUT2D eigenvalue weighted by Gasteiger charge is -1.99. The Morgan fingerprint density at radius 1 is 1.22 bits per heavy atom. The Balaban J connectivity index is 2.54. The van der Waals surface area contributed by atoms with Crippen LogP contribution < -0.4 is 5.32 Å². The van der Waals surface area contributed by atoms with Crippen LogP contribution in [0.3, 0.4) is 0 Å². The van der Waals surface area contributed by atoms with Crippen LogP contribution in [0.1, 0.15) is 20.8 Å². The summed E-state index contributed by atoms with van der Waals surface area (Å²) in [4.78, 5) is 0. The average Bonchev–Trinajstić information content (AvgIpc) is 2.14. The van der Waals surface area contributed by atoms with Gasteiger partial charge in [0.05, 0.1) is 0 Å². The van der Waals surface area contributed by atoms with Gasteiger partial charge in [-0.3, -0.25) is 0 Å². The van der Waals surface area contributed by atoms with Gasteiger partial charge in [-0.15, -0.1) is 10.2 Å². The van der Waals surface area contributed by atoms with Crippen molar-refractivity contribution in [2.24, 2.45) is 16.1 Å². The van der Waals surface area contributed by atoms with Gasteiger partial charge in [0, 0.05) is 5.92 Å². The van der Waals surface area contributed by atoms with Crippen molar-refractivity contribution in [2.45, 2.75) is 20.8 Å². The molecule has 0 N–H and O–H groups in total. The predicted octanol–water partition coefficient (Wildman–Crippen LogP) is 0.992. The minimum Gasteiger partial charge on any atom is -0.214 e. The van der Waals surface area contributed by atoms with E-state index < -0.39 is 0 Å². The Kier molecular flexibility index (Phi) is 1.51. The predicted molar refractivity (Wildman–Crippen MR) is 37.5 cm³/mol. The van der Waals surface area contributed by atoms with Gasteiger partial charge in [0.25, 0.3) is 0 Å². The molecule has 49 valence electrons. The molecule has 0 aromatic rings. The van der Waals surface area contributed by atoms with Crippen LogP contribution in [0, 0.1) is 5.92 Å². The average molecular weight is 124 g/mol. The summed E-state index contributed by atoms with van der Waals surface area (Å²) in [5, 5.41) is 11.7. The number of hydrogen-bond donors (Lipinski definition) is 0. The number of amidine groups is 2. The summed E-state index contributed by atoms with van der Waals surface area (Å²) in [5.74, 6) is 2.00. The fraction of sp³-hybridized carbons (Fsp3) is 0.667. The normalized spacial score (nSPS) is 17.3. The first-order valence-corrected chi connectivity index (χ1v) is 3.04. The third-order valence-electron chi connectivity index (χ3n) is 1.09. The van der Waals surface area contributed by atoms with Gasteiger partial charge in [0.15, 0.2) is 5.84 Å². The van der Waals surface area contributed by atoms with Crippen LogP contribution in [-0.2, 0) is 0 Å². The highest BCUT2D eigenvalue weighted by Crippen LogP contribution is 2.01. The standard InChI is InChI=1S/C6H10N3/c1-4(2)6-7-5(3)8-9-6/h4H,1-3H3. The number of rotatable bonds is 1. The first-order valence-electron chi connectivity index (χ1n) is 3.04. The third kappa shape index (κ3) is 1.28. The minimum absolute atomic E-state index is 0.395. The van der Waals surface area contributed by atoms with Crippen LogP contribution in [0.4, 0.5) is 0 Å². The van der Waals surface area contributed by atoms with Gasteiger partial charge in [-0.25, -0.2) is 5.32 Å². The molecule has 0 aliphatic carbocycles. The second-order valence-corrected chi connectivity index (χ2v) is 2.37. The van der Waals surface area contributed by atoms with Crippen LogP contribution in [0.2, 0.25) is 0 Å². The summed E-state index contributed by atoms with van der Waals surface area (Å²) in [6, 6.07) is 0. The Morgan fingerprint density at radius 2 is 1.89 bits per heavy atom. The van der Waals surface area contributed by atoms with E-state index in [2.05, 4.69) is 29.4 Å². The van der Waals surface area contributed by atoms with Gasteiger partial charge in [0.2, 0.25) is 0 Å². The molecule has 0 amide bonds. The molecule has 1 aliphatic rings. The van der Waals surface area contributed by atoms with Gasteiger partial charge >= 0.3 is 0 Å². The molecule has 0 atom stereocenters. The number of hydrogen-bond acceptors (Lipinski definition) is 2. The second kappa shape index (κ2) is 2.17. The Morgan fingerprint density at radius 3 is 2.11 bits per heavy atom. The Hall–Kier alpha value is -0.860. The Labute approximate surface area is 54.9 Å². The van der Waals surface area contributed by atoms with Crippen LogP contribution in [-0.4, -0.2) is 11.7 Å². The van der Waals surface area contributed by atoms with Gasteiger partial charge in [-0.05, 0) is 6.92 Å². The van der Waals surface area contributed by atoms with Crippen molar-refractivity contribution >= 4 is 11.7 Å². The third-order valence-corrected chi connectivity index (χ3v) is 1.09. The van der Waals surface area contributed by atoms with E-state index in [-0.39, 0.29) is 0 Å². The van der Waals surface area contributed by atoms with Gasteiger partial charge in [-0.2, -0.15) is 0 Å². The molecule has 9 heavy (non-hydrogen) atoms. The molecular formula is C6H10N3. The summed E-state index contributed by atoms with van der Waals surface area (Å²) in [6.07, 6.45) is 0. The molecule has 0 saturated carbocycles. The molecule has 0 aromatic heterocycles. The molecule has 1 aliphatic heterocycles. The quantitative estimate of drug-likeness (QED) is 0.500. The van der Waals surface area contributed by atoms with Crippen LogP contribution in [0.25, 0.3) is 0 Å².